The smallest absolute Gasteiger partial charge is 0.294 e. The molecule has 2 aliphatic rings. The molecule has 0 aliphatic carbocycles. The van der Waals surface area contributed by atoms with Crippen molar-refractivity contribution >= 4 is 17.3 Å². The Morgan fingerprint density at radius 3 is 2.80 bits per heavy atom. The molecular weight excluding hydrogens is 382 g/mol. The Morgan fingerprint density at radius 2 is 2.10 bits per heavy atom. The number of nitrogens with zero attached hydrogens (tertiary/aromatic N) is 3. The third-order valence-corrected chi connectivity index (χ3v) is 6.03. The van der Waals surface area contributed by atoms with E-state index in [0.29, 0.717) is 25.2 Å². The Labute approximate surface area is 176 Å². The van der Waals surface area contributed by atoms with Gasteiger partial charge in [0.2, 0.25) is 0 Å². The Morgan fingerprint density at radius 1 is 1.33 bits per heavy atom. The van der Waals surface area contributed by atoms with Crippen LogP contribution >= 0.6 is 0 Å². The Hall–Kier alpha value is -2.90. The molecule has 2 heterocycles. The van der Waals surface area contributed by atoms with Crippen LogP contribution in [0, 0.1) is 6.92 Å². The number of amides is 1. The molecule has 7 nitrogen and oxygen atoms in total. The van der Waals surface area contributed by atoms with Crippen molar-refractivity contribution in [1.29, 1.82) is 0 Å². The van der Waals surface area contributed by atoms with Crippen molar-refractivity contribution in [2.45, 2.75) is 31.2 Å². The minimum Gasteiger partial charge on any atom is -0.489 e. The second kappa shape index (κ2) is 8.08. The minimum absolute atomic E-state index is 0.0272. The molecule has 4 rings (SSSR count). The fraction of sp³-hybridized carbons (Fsp3) is 0.391. The first kappa shape index (κ1) is 20.4. The summed E-state index contributed by atoms with van der Waals surface area (Å²) in [6.07, 6.45) is 1.09. The van der Waals surface area contributed by atoms with Gasteiger partial charge in [0.1, 0.15) is 29.8 Å². The van der Waals surface area contributed by atoms with Crippen molar-refractivity contribution < 1.29 is 19.5 Å². The number of aryl methyl sites for hydroxylation is 1. The predicted molar refractivity (Wildman–Crippen MR) is 115 cm³/mol. The van der Waals surface area contributed by atoms with Gasteiger partial charge in [-0.3, -0.25) is 14.6 Å². The number of anilines is 1. The first-order valence-electron chi connectivity index (χ1n) is 10.1. The standard InChI is InChI=1S/C23H27N3O4/c1-16-10-11-19-18(14-16)26-20(15-30-19)23(12-7-13-27,17-8-5-4-6-9-17)21(24-26)22(28)25(2)29-3/h4-6,8-11,14,20,27H,7,12-13,15H2,1-3H3. The molecule has 2 aromatic rings. The molecule has 7 heteroatoms. The Bertz CT molecular complexity index is 962. The Balaban J connectivity index is 1.92. The topological polar surface area (TPSA) is 74.6 Å². The number of hydroxylamine groups is 2. The van der Waals surface area contributed by atoms with E-state index in [-0.39, 0.29) is 18.6 Å². The highest BCUT2D eigenvalue weighted by atomic mass is 16.7. The first-order chi connectivity index (χ1) is 14.5. The van der Waals surface area contributed by atoms with E-state index in [1.807, 2.05) is 60.5 Å². The van der Waals surface area contributed by atoms with Gasteiger partial charge in [-0.1, -0.05) is 36.4 Å². The van der Waals surface area contributed by atoms with Crippen molar-refractivity contribution in [3.05, 3.63) is 59.7 Å². The molecule has 0 spiro atoms. The van der Waals surface area contributed by atoms with E-state index in [1.165, 1.54) is 12.2 Å². The molecule has 158 valence electrons. The normalized spacial score (nSPS) is 22.1. The van der Waals surface area contributed by atoms with Crippen molar-refractivity contribution in [3.8, 4) is 5.75 Å². The van der Waals surface area contributed by atoms with E-state index in [9.17, 15) is 9.90 Å². The summed E-state index contributed by atoms with van der Waals surface area (Å²) < 4.78 is 6.13. The summed E-state index contributed by atoms with van der Waals surface area (Å²) in [7, 11) is 3.04. The van der Waals surface area contributed by atoms with Gasteiger partial charge in [0.05, 0.1) is 12.5 Å². The van der Waals surface area contributed by atoms with Crippen LogP contribution in [0.15, 0.2) is 53.6 Å². The predicted octanol–water partition coefficient (Wildman–Crippen LogP) is 2.66. The molecular formula is C23H27N3O4. The number of ether oxygens (including phenoxy) is 1. The van der Waals surface area contributed by atoms with Crippen molar-refractivity contribution in [2.24, 2.45) is 5.10 Å². The van der Waals surface area contributed by atoms with Crippen LogP contribution in [0.2, 0.25) is 0 Å². The molecule has 1 N–H and O–H groups in total. The maximum Gasteiger partial charge on any atom is 0.294 e. The van der Waals surface area contributed by atoms with Gasteiger partial charge in [-0.2, -0.15) is 5.10 Å². The molecule has 0 aromatic heterocycles. The van der Waals surface area contributed by atoms with Crippen LogP contribution in [0.5, 0.6) is 5.75 Å². The second-order valence-electron chi connectivity index (χ2n) is 7.74. The van der Waals surface area contributed by atoms with Gasteiger partial charge in [-0.25, -0.2) is 5.06 Å². The number of aliphatic hydroxyl groups is 1. The number of hydrazone groups is 1. The summed E-state index contributed by atoms with van der Waals surface area (Å²) in [5.41, 5.74) is 2.56. The average molecular weight is 409 g/mol. The largest absolute Gasteiger partial charge is 0.489 e. The molecule has 0 radical (unpaired) electrons. The van der Waals surface area contributed by atoms with Crippen LogP contribution in [0.4, 0.5) is 5.69 Å². The van der Waals surface area contributed by atoms with Crippen LogP contribution in [-0.2, 0) is 15.0 Å². The average Bonchev–Trinajstić information content (AvgIpc) is 3.12. The summed E-state index contributed by atoms with van der Waals surface area (Å²) >= 11 is 0. The molecule has 1 amide bonds. The number of fused-ring (bicyclic) bond motifs is 3. The molecule has 2 aliphatic heterocycles. The number of hydrogen-bond donors (Lipinski definition) is 1. The van der Waals surface area contributed by atoms with Crippen molar-refractivity contribution in [1.82, 2.24) is 5.06 Å². The second-order valence-corrected chi connectivity index (χ2v) is 7.74. The maximum atomic E-state index is 13.4. The molecule has 0 fully saturated rings. The number of benzene rings is 2. The van der Waals surface area contributed by atoms with E-state index in [2.05, 4.69) is 0 Å². The van der Waals surface area contributed by atoms with Crippen LogP contribution < -0.4 is 9.75 Å². The summed E-state index contributed by atoms with van der Waals surface area (Å²) in [4.78, 5) is 18.6. The van der Waals surface area contributed by atoms with Crippen LogP contribution in [-0.4, -0.2) is 55.2 Å². The summed E-state index contributed by atoms with van der Waals surface area (Å²) in [5.74, 6) is 0.446. The SMILES string of the molecule is CON(C)C(=O)C1=NN2c3cc(C)ccc3OCC2C1(CCCO)c1ccccc1. The fourth-order valence-corrected chi connectivity index (χ4v) is 4.48. The van der Waals surface area contributed by atoms with Crippen LogP contribution in [0.3, 0.4) is 0 Å². The first-order valence-corrected chi connectivity index (χ1v) is 10.1. The van der Waals surface area contributed by atoms with Gasteiger partial charge in [0, 0.05) is 13.7 Å². The number of carbonyl (C=O) groups excluding carboxylic acids is 1. The lowest BCUT2D eigenvalue weighted by Crippen LogP contribution is -2.55. The molecule has 0 bridgehead atoms. The zero-order valence-electron chi connectivity index (χ0n) is 17.5. The lowest BCUT2D eigenvalue weighted by Gasteiger charge is -2.41. The summed E-state index contributed by atoms with van der Waals surface area (Å²) in [5, 5.41) is 17.6. The van der Waals surface area contributed by atoms with E-state index in [4.69, 9.17) is 14.7 Å². The molecule has 2 aromatic carbocycles. The minimum atomic E-state index is -0.741. The van der Waals surface area contributed by atoms with Gasteiger partial charge in [0.15, 0.2) is 0 Å². The highest BCUT2D eigenvalue weighted by molar-refractivity contribution is 6.43. The van der Waals surface area contributed by atoms with Gasteiger partial charge in [-0.15, -0.1) is 0 Å². The van der Waals surface area contributed by atoms with Crippen molar-refractivity contribution in [3.63, 3.8) is 0 Å². The van der Waals surface area contributed by atoms with E-state index in [1.54, 1.807) is 7.05 Å². The third kappa shape index (κ3) is 3.14. The highest BCUT2D eigenvalue weighted by Gasteiger charge is 2.57. The van der Waals surface area contributed by atoms with Gasteiger partial charge in [0.25, 0.3) is 5.91 Å². The molecule has 2 unspecified atom stereocenters. The van der Waals surface area contributed by atoms with Crippen LogP contribution in [0.25, 0.3) is 0 Å². The van der Waals surface area contributed by atoms with E-state index >= 15 is 0 Å². The van der Waals surface area contributed by atoms with Gasteiger partial charge >= 0.3 is 0 Å². The monoisotopic (exact) mass is 409 g/mol. The fourth-order valence-electron chi connectivity index (χ4n) is 4.48. The van der Waals surface area contributed by atoms with Gasteiger partial charge < -0.3 is 9.84 Å². The van der Waals surface area contributed by atoms with Crippen LogP contribution in [0.1, 0.15) is 24.0 Å². The van der Waals surface area contributed by atoms with E-state index < -0.39 is 5.41 Å². The number of aliphatic hydroxyl groups excluding tert-OH is 1. The quantitative estimate of drug-likeness (QED) is 0.743. The van der Waals surface area contributed by atoms with Gasteiger partial charge in [-0.05, 0) is 43.0 Å². The Kier molecular flexibility index (Phi) is 5.49. The zero-order valence-corrected chi connectivity index (χ0v) is 17.5. The molecule has 0 saturated heterocycles. The lowest BCUT2D eigenvalue weighted by atomic mass is 9.67. The number of carbonyl (C=O) groups is 1. The number of rotatable bonds is 6. The number of hydrogen-bond acceptors (Lipinski definition) is 6. The third-order valence-electron chi connectivity index (χ3n) is 6.03. The highest BCUT2D eigenvalue weighted by Crippen LogP contribution is 2.48. The summed E-state index contributed by atoms with van der Waals surface area (Å²) in [6.45, 7) is 2.43. The molecule has 0 saturated carbocycles. The van der Waals surface area contributed by atoms with E-state index in [0.717, 1.165) is 22.6 Å². The summed E-state index contributed by atoms with van der Waals surface area (Å²) in [6, 6.07) is 15.7. The lowest BCUT2D eigenvalue weighted by molar-refractivity contribution is -0.160. The molecule has 2 atom stereocenters. The maximum absolute atomic E-state index is 13.4. The zero-order chi connectivity index (χ0) is 21.3. The molecule has 30 heavy (non-hydrogen) atoms. The van der Waals surface area contributed by atoms with Crippen molar-refractivity contribution in [2.75, 3.05) is 32.4 Å².